The maximum atomic E-state index is 11.8. The third-order valence-electron chi connectivity index (χ3n) is 3.12. The maximum Gasteiger partial charge on any atom is 0.224 e. The van der Waals surface area contributed by atoms with E-state index in [0.29, 0.717) is 18.5 Å². The van der Waals surface area contributed by atoms with E-state index in [1.807, 2.05) is 17.0 Å². The molecule has 0 saturated carbocycles. The zero-order chi connectivity index (χ0) is 12.8. The number of likely N-dealkylation sites (tertiary alicyclic amines) is 1. The third-order valence-corrected chi connectivity index (χ3v) is 3.12. The molecule has 1 N–H and O–H groups in total. The van der Waals surface area contributed by atoms with Gasteiger partial charge in [0.25, 0.3) is 0 Å². The van der Waals surface area contributed by atoms with Gasteiger partial charge in [-0.3, -0.25) is 4.79 Å². The molecule has 1 saturated heterocycles. The Balaban J connectivity index is 1.77. The third kappa shape index (κ3) is 3.24. The molecule has 1 aromatic carbocycles. The summed E-state index contributed by atoms with van der Waals surface area (Å²) in [5.74, 6) is 0.219. The van der Waals surface area contributed by atoms with Crippen LogP contribution in [0.5, 0.6) is 0 Å². The molecule has 1 aromatic rings. The highest BCUT2D eigenvalue weighted by Gasteiger charge is 2.16. The lowest BCUT2D eigenvalue weighted by Gasteiger charge is -2.15. The number of carbonyl (C=O) groups is 1. The molecule has 2 rings (SSSR count). The zero-order valence-electron chi connectivity index (χ0n) is 10.4. The van der Waals surface area contributed by atoms with Crippen molar-refractivity contribution in [1.29, 1.82) is 5.26 Å². The topological polar surface area (TPSA) is 56.1 Å². The molecule has 0 aliphatic carbocycles. The van der Waals surface area contributed by atoms with Gasteiger partial charge in [0.05, 0.1) is 11.6 Å². The van der Waals surface area contributed by atoms with Crippen molar-refractivity contribution < 1.29 is 4.79 Å². The second-order valence-electron chi connectivity index (χ2n) is 4.46. The van der Waals surface area contributed by atoms with Crippen LogP contribution in [0.25, 0.3) is 0 Å². The van der Waals surface area contributed by atoms with Gasteiger partial charge in [-0.05, 0) is 31.0 Å². The number of benzene rings is 1. The molecule has 1 heterocycles. The van der Waals surface area contributed by atoms with E-state index in [0.717, 1.165) is 31.6 Å². The monoisotopic (exact) mass is 243 g/mol. The molecule has 1 amide bonds. The average Bonchev–Trinajstić information content (AvgIpc) is 2.93. The lowest BCUT2D eigenvalue weighted by molar-refractivity contribution is -0.129. The SMILES string of the molecule is N#Cc1cccc(NCCC(=O)N2CCCC2)c1. The first-order valence-electron chi connectivity index (χ1n) is 6.31. The van der Waals surface area contributed by atoms with Gasteiger partial charge < -0.3 is 10.2 Å². The van der Waals surface area contributed by atoms with Crippen molar-refractivity contribution in [1.82, 2.24) is 4.90 Å². The molecular weight excluding hydrogens is 226 g/mol. The maximum absolute atomic E-state index is 11.8. The number of nitrogens with zero attached hydrogens (tertiary/aromatic N) is 2. The molecule has 4 heteroatoms. The van der Waals surface area contributed by atoms with Gasteiger partial charge in [-0.25, -0.2) is 0 Å². The standard InChI is InChI=1S/C14H17N3O/c15-11-12-4-3-5-13(10-12)16-7-6-14(18)17-8-1-2-9-17/h3-5,10,16H,1-2,6-9H2. The van der Waals surface area contributed by atoms with Gasteiger partial charge in [0.2, 0.25) is 5.91 Å². The van der Waals surface area contributed by atoms with Gasteiger partial charge in [-0.1, -0.05) is 6.07 Å². The number of carbonyl (C=O) groups excluding carboxylic acids is 1. The van der Waals surface area contributed by atoms with Crippen molar-refractivity contribution in [3.05, 3.63) is 29.8 Å². The van der Waals surface area contributed by atoms with Crippen molar-refractivity contribution in [2.75, 3.05) is 25.0 Å². The summed E-state index contributed by atoms with van der Waals surface area (Å²) in [5.41, 5.74) is 1.52. The van der Waals surface area contributed by atoms with E-state index in [4.69, 9.17) is 5.26 Å². The summed E-state index contributed by atoms with van der Waals surface area (Å²) in [5, 5.41) is 12.0. The van der Waals surface area contributed by atoms with E-state index >= 15 is 0 Å². The van der Waals surface area contributed by atoms with Gasteiger partial charge in [-0.15, -0.1) is 0 Å². The van der Waals surface area contributed by atoms with E-state index in [9.17, 15) is 4.79 Å². The Morgan fingerprint density at radius 3 is 2.89 bits per heavy atom. The fourth-order valence-corrected chi connectivity index (χ4v) is 2.14. The summed E-state index contributed by atoms with van der Waals surface area (Å²) >= 11 is 0. The smallest absolute Gasteiger partial charge is 0.224 e. The number of hydrogen-bond donors (Lipinski definition) is 1. The molecule has 4 nitrogen and oxygen atoms in total. The molecule has 0 bridgehead atoms. The van der Waals surface area contributed by atoms with Gasteiger partial charge in [0.15, 0.2) is 0 Å². The Morgan fingerprint density at radius 1 is 1.39 bits per heavy atom. The van der Waals surface area contributed by atoms with E-state index in [1.54, 1.807) is 12.1 Å². The van der Waals surface area contributed by atoms with E-state index in [2.05, 4.69) is 11.4 Å². The van der Waals surface area contributed by atoms with Crippen LogP contribution in [0.3, 0.4) is 0 Å². The van der Waals surface area contributed by atoms with Gasteiger partial charge in [0.1, 0.15) is 0 Å². The molecule has 1 aliphatic heterocycles. The van der Waals surface area contributed by atoms with E-state index in [1.165, 1.54) is 0 Å². The second kappa shape index (κ2) is 6.06. The van der Waals surface area contributed by atoms with Crippen molar-refractivity contribution in [2.24, 2.45) is 0 Å². The largest absolute Gasteiger partial charge is 0.384 e. The van der Waals surface area contributed by atoms with Crippen LogP contribution in [-0.2, 0) is 4.79 Å². The first-order valence-corrected chi connectivity index (χ1v) is 6.31. The van der Waals surface area contributed by atoms with Crippen LogP contribution in [0, 0.1) is 11.3 Å². The van der Waals surface area contributed by atoms with Crippen LogP contribution in [0.15, 0.2) is 24.3 Å². The summed E-state index contributed by atoms with van der Waals surface area (Å²) in [6.45, 7) is 2.43. The minimum atomic E-state index is 0.219. The molecule has 0 aromatic heterocycles. The number of rotatable bonds is 4. The van der Waals surface area contributed by atoms with Gasteiger partial charge in [-0.2, -0.15) is 5.26 Å². The van der Waals surface area contributed by atoms with Gasteiger partial charge >= 0.3 is 0 Å². The number of anilines is 1. The van der Waals surface area contributed by atoms with Crippen LogP contribution in [0.2, 0.25) is 0 Å². The van der Waals surface area contributed by atoms with Crippen molar-refractivity contribution in [2.45, 2.75) is 19.3 Å². The van der Waals surface area contributed by atoms with Crippen LogP contribution in [0.4, 0.5) is 5.69 Å². The van der Waals surface area contributed by atoms with Crippen molar-refractivity contribution in [3.8, 4) is 6.07 Å². The average molecular weight is 243 g/mol. The van der Waals surface area contributed by atoms with Gasteiger partial charge in [0, 0.05) is 31.7 Å². The zero-order valence-corrected chi connectivity index (χ0v) is 10.4. The Morgan fingerprint density at radius 2 is 2.17 bits per heavy atom. The van der Waals surface area contributed by atoms with Crippen LogP contribution < -0.4 is 5.32 Å². The summed E-state index contributed by atoms with van der Waals surface area (Å²) < 4.78 is 0. The Bertz CT molecular complexity index is 458. The molecule has 94 valence electrons. The number of nitrogens with one attached hydrogen (secondary N) is 1. The first-order chi connectivity index (χ1) is 8.79. The highest BCUT2D eigenvalue weighted by atomic mass is 16.2. The number of hydrogen-bond acceptors (Lipinski definition) is 3. The quantitative estimate of drug-likeness (QED) is 0.879. The Labute approximate surface area is 107 Å². The summed E-state index contributed by atoms with van der Waals surface area (Å²) in [6.07, 6.45) is 2.77. The molecular formula is C14H17N3O. The highest BCUT2D eigenvalue weighted by Crippen LogP contribution is 2.11. The minimum Gasteiger partial charge on any atom is -0.384 e. The lowest BCUT2D eigenvalue weighted by atomic mass is 10.2. The van der Waals surface area contributed by atoms with E-state index in [-0.39, 0.29) is 5.91 Å². The predicted molar refractivity (Wildman–Crippen MR) is 70.1 cm³/mol. The fourth-order valence-electron chi connectivity index (χ4n) is 2.14. The summed E-state index contributed by atoms with van der Waals surface area (Å²) in [4.78, 5) is 13.7. The fraction of sp³-hybridized carbons (Fsp3) is 0.429. The molecule has 0 spiro atoms. The molecule has 1 fully saturated rings. The normalized spacial score (nSPS) is 14.3. The first kappa shape index (κ1) is 12.4. The highest BCUT2D eigenvalue weighted by molar-refractivity contribution is 5.77. The summed E-state index contributed by atoms with van der Waals surface area (Å²) in [6, 6.07) is 9.39. The van der Waals surface area contributed by atoms with Crippen LogP contribution in [-0.4, -0.2) is 30.4 Å². The van der Waals surface area contributed by atoms with Crippen LogP contribution in [0.1, 0.15) is 24.8 Å². The predicted octanol–water partition coefficient (Wildman–Crippen LogP) is 1.98. The molecule has 1 aliphatic rings. The molecule has 0 atom stereocenters. The molecule has 18 heavy (non-hydrogen) atoms. The molecule has 0 unspecified atom stereocenters. The van der Waals surface area contributed by atoms with E-state index < -0.39 is 0 Å². The number of amides is 1. The molecule has 0 radical (unpaired) electrons. The Kier molecular flexibility index (Phi) is 4.19. The Hall–Kier alpha value is -2.02. The minimum absolute atomic E-state index is 0.219. The summed E-state index contributed by atoms with van der Waals surface area (Å²) in [7, 11) is 0. The van der Waals surface area contributed by atoms with Crippen LogP contribution >= 0.6 is 0 Å². The second-order valence-corrected chi connectivity index (χ2v) is 4.46. The van der Waals surface area contributed by atoms with Crippen molar-refractivity contribution in [3.63, 3.8) is 0 Å². The van der Waals surface area contributed by atoms with Crippen molar-refractivity contribution >= 4 is 11.6 Å². The number of nitriles is 1. The lowest BCUT2D eigenvalue weighted by Crippen LogP contribution is -2.29.